The first-order valence-electron chi connectivity index (χ1n) is 17.8. The molecular weight excluding hydrogens is 816 g/mol. The molecule has 0 aliphatic heterocycles. The molecule has 0 unspecified atom stereocenters. The topological polar surface area (TPSA) is 156 Å². The van der Waals surface area contributed by atoms with Crippen LogP contribution in [-0.4, -0.2) is 26.4 Å². The van der Waals surface area contributed by atoms with Gasteiger partial charge in [0, 0.05) is 60.4 Å². The molecule has 0 saturated carbocycles. The summed E-state index contributed by atoms with van der Waals surface area (Å²) in [6, 6.07) is 26.3. The van der Waals surface area contributed by atoms with E-state index in [9.17, 15) is 0 Å². The largest absolute Gasteiger partial charge is 0 e. The van der Waals surface area contributed by atoms with Gasteiger partial charge in [-0.1, -0.05) is 100 Å². The summed E-state index contributed by atoms with van der Waals surface area (Å²) in [5.41, 5.74) is 9.46. The van der Waals surface area contributed by atoms with Crippen LogP contribution in [-0.2, 0) is 88.3 Å². The number of hydrogen-bond donors (Lipinski definition) is 0. The predicted molar refractivity (Wildman–Crippen MR) is 204 cm³/mol. The van der Waals surface area contributed by atoms with E-state index in [2.05, 4.69) is 140 Å². The van der Waals surface area contributed by atoms with Crippen LogP contribution in [0.4, 0.5) is 0 Å². The van der Waals surface area contributed by atoms with E-state index in [0.717, 1.165) is 74.4 Å². The van der Waals surface area contributed by atoms with E-state index < -0.39 is 0 Å². The third-order valence-corrected chi connectivity index (χ3v) is 8.04. The Morgan fingerprint density at radius 3 is 0.586 bits per heavy atom. The minimum Gasteiger partial charge on any atom is 0 e. The minimum absolute atomic E-state index is 0. The van der Waals surface area contributed by atoms with Crippen LogP contribution in [0.1, 0.15) is 97.9 Å². The summed E-state index contributed by atoms with van der Waals surface area (Å²) in [5, 5.41) is 0. The fourth-order valence-electron chi connectivity index (χ4n) is 6.04. The molecule has 4 aromatic rings. The molecule has 0 spiro atoms. The molecule has 0 aromatic heterocycles. The Bertz CT molecular complexity index is 1470. The van der Waals surface area contributed by atoms with Crippen LogP contribution < -0.4 is 18.9 Å². The molecule has 10 nitrogen and oxygen atoms in total. The maximum atomic E-state index is 7.50. The van der Waals surface area contributed by atoms with Crippen LogP contribution in [0.25, 0.3) is 0 Å². The van der Waals surface area contributed by atoms with Crippen molar-refractivity contribution in [1.82, 2.24) is 0 Å². The molecule has 8 bridgehead atoms. The quantitative estimate of drug-likeness (QED) is 0.0905. The summed E-state index contributed by atoms with van der Waals surface area (Å²) < 4.78 is 71.2. The van der Waals surface area contributed by atoms with Crippen LogP contribution in [0.2, 0.25) is 0 Å². The van der Waals surface area contributed by atoms with Gasteiger partial charge in [0.05, 0.1) is 26.4 Å². The van der Waals surface area contributed by atoms with E-state index in [4.69, 9.17) is 46.9 Å². The van der Waals surface area contributed by atoms with Crippen molar-refractivity contribution < 1.29 is 81.6 Å². The van der Waals surface area contributed by atoms with Gasteiger partial charge in [-0.15, -0.1) is 0 Å². The van der Waals surface area contributed by atoms with Gasteiger partial charge in [0.1, 0.15) is 23.0 Å². The summed E-state index contributed by atoms with van der Waals surface area (Å²) in [6.07, 6.45) is 6.75. The van der Waals surface area contributed by atoms with Crippen molar-refractivity contribution >= 4 is 0 Å². The van der Waals surface area contributed by atoms with Gasteiger partial charge >= 0.3 is 67.8 Å². The third-order valence-electron chi connectivity index (χ3n) is 8.04. The summed E-state index contributed by atoms with van der Waals surface area (Å²) in [5.74, 6) is 3.95. The number of ether oxygens (including phenoxy) is 4. The molecule has 0 saturated heterocycles. The first-order valence-corrected chi connectivity index (χ1v) is 17.8. The second-order valence-corrected chi connectivity index (χ2v) is 11.7. The summed E-state index contributed by atoms with van der Waals surface area (Å²) in [4.78, 5) is 0. The van der Waals surface area contributed by atoms with E-state index in [1.807, 2.05) is 0 Å². The zero-order valence-electron chi connectivity index (χ0n) is 33.3. The Labute approximate surface area is 365 Å². The van der Waals surface area contributed by atoms with Crippen LogP contribution in [0.3, 0.4) is 0 Å². The minimum atomic E-state index is 0. The molecule has 58 heavy (non-hydrogen) atoms. The van der Waals surface area contributed by atoms with Gasteiger partial charge in [0.2, 0.25) is 0 Å². The molecule has 304 valence electrons. The Morgan fingerprint density at radius 1 is 0.328 bits per heavy atom. The molecule has 0 fully saturated rings. The molecule has 0 amide bonds. The zero-order valence-corrected chi connectivity index (χ0v) is 35.9. The average Bonchev–Trinajstić information content (AvgIpc) is 3.26. The van der Waals surface area contributed by atoms with Gasteiger partial charge in [-0.25, -0.2) is 0 Å². The smallest absolute Gasteiger partial charge is 0 e. The molecule has 5 rings (SSSR count). The van der Waals surface area contributed by atoms with Gasteiger partial charge in [-0.2, -0.15) is 0 Å². The van der Waals surface area contributed by atoms with Crippen molar-refractivity contribution in [3.63, 3.8) is 0 Å². The molecule has 0 radical (unpaired) electrons. The van der Waals surface area contributed by atoms with Crippen molar-refractivity contribution in [3.05, 3.63) is 157 Å². The molecule has 4 aromatic carbocycles. The van der Waals surface area contributed by atoms with Crippen LogP contribution in [0.5, 0.6) is 23.0 Å². The van der Waals surface area contributed by atoms with E-state index in [-0.39, 0.29) is 34.7 Å². The number of rotatable bonds is 12. The van der Waals surface area contributed by atoms with Gasteiger partial charge in [0.15, 0.2) is 0 Å². The third kappa shape index (κ3) is 18.9. The second kappa shape index (κ2) is 39.4. The normalized spacial score (nSPS) is 9.66. The Balaban J connectivity index is -0.000000955. The van der Waals surface area contributed by atoms with Crippen molar-refractivity contribution in [2.45, 2.75) is 79.1 Å². The number of hydrogen-bond acceptors (Lipinski definition) is 4. The number of fused-ring (bicyclic) bond motifs is 8. The Morgan fingerprint density at radius 2 is 0.466 bits per heavy atom. The van der Waals surface area contributed by atoms with Gasteiger partial charge in [0.25, 0.3) is 0 Å². The second-order valence-electron chi connectivity index (χ2n) is 11.7. The van der Waals surface area contributed by atoms with E-state index in [0.29, 0.717) is 26.4 Å². The fraction of sp³-hybridized carbons (Fsp3) is 0.348. The predicted octanol–water partition coefficient (Wildman–Crippen LogP) is 9.29. The maximum Gasteiger partial charge on any atom is 0 e. The molecule has 0 atom stereocenters. The SMILES string of the molecule is CCCOc1c2cccc1Cc1cccc(c1OCCC)Cc1cccc(c1OCCC)Cc1cccc(c1OCCC)C2.[C-]#[O+].[C-]#[O+].[C-]#[O+].[C-]#[O+].[C-]#[O+].[C-]#[O+].[Cr].[Cr]. The van der Waals surface area contributed by atoms with Gasteiger partial charge in [-0.05, 0) is 70.2 Å². The summed E-state index contributed by atoms with van der Waals surface area (Å²) in [7, 11) is 0. The maximum absolute atomic E-state index is 7.50. The van der Waals surface area contributed by atoms with Crippen molar-refractivity contribution in [1.29, 1.82) is 0 Å². The number of para-hydroxylation sites is 4. The first kappa shape index (κ1) is 60.3. The average molecular weight is 865 g/mol. The zero-order chi connectivity index (χ0) is 42.7. The fourth-order valence-corrected chi connectivity index (χ4v) is 6.04. The van der Waals surface area contributed by atoms with Crippen LogP contribution in [0, 0.1) is 39.9 Å². The van der Waals surface area contributed by atoms with E-state index in [1.54, 1.807) is 0 Å². The Hall–Kier alpha value is -4.42. The van der Waals surface area contributed by atoms with Gasteiger partial charge < -0.3 is 18.9 Å². The van der Waals surface area contributed by atoms with Crippen molar-refractivity contribution in [2.75, 3.05) is 26.4 Å². The van der Waals surface area contributed by atoms with E-state index >= 15 is 0 Å². The van der Waals surface area contributed by atoms with Crippen LogP contribution in [0.15, 0.2) is 72.8 Å². The standard InChI is InChI=1S/C40H48O4.6CO.2Cr/c1-5-21-41-37-29-13-9-14-30(37)26-32-16-11-18-34(39(32)43-23-7-3)28-36-20-12-19-35(40(36)44-24-8-4)27-33-17-10-15-31(25-29)38(33)42-22-6-2;6*1-2;;/h9-20H,5-8,21-28H2,1-4H3;;;;;;;;. The molecule has 0 heterocycles. The molecule has 1 aliphatic carbocycles. The first-order chi connectivity index (χ1) is 27.7. The monoisotopic (exact) mass is 864 g/mol. The molecule has 1 aliphatic rings. The molecule has 0 N–H and O–H groups in total. The summed E-state index contributed by atoms with van der Waals surface area (Å²) >= 11 is 0. The van der Waals surface area contributed by atoms with Crippen molar-refractivity contribution in [2.24, 2.45) is 0 Å². The summed E-state index contributed by atoms with van der Waals surface area (Å²) in [6.45, 7) is 38.4. The molecule has 12 heteroatoms. The van der Waals surface area contributed by atoms with Crippen LogP contribution >= 0.6 is 0 Å². The number of benzene rings is 4. The Kier molecular flexibility index (Phi) is 41.0. The van der Waals surface area contributed by atoms with Gasteiger partial charge in [-0.3, -0.25) is 0 Å². The van der Waals surface area contributed by atoms with E-state index in [1.165, 1.54) is 44.5 Å². The van der Waals surface area contributed by atoms with Crippen molar-refractivity contribution in [3.8, 4) is 23.0 Å². The molecular formula is C46H48Cr2O10.